The minimum absolute atomic E-state index is 0.491. The Bertz CT molecular complexity index is 6540. The number of pyridine rings is 2. The van der Waals surface area contributed by atoms with Crippen molar-refractivity contribution in [3.05, 3.63) is 389 Å². The number of benzene rings is 13. The van der Waals surface area contributed by atoms with E-state index < -0.39 is 10.8 Å². The molecule has 0 fully saturated rings. The van der Waals surface area contributed by atoms with Gasteiger partial charge in [-0.2, -0.15) is 0 Å². The van der Waals surface area contributed by atoms with Crippen LogP contribution < -0.4 is 4.74 Å². The minimum atomic E-state index is -0.785. The first-order chi connectivity index (χ1) is 52.8. The molecule has 0 radical (unpaired) electrons. The Morgan fingerprint density at radius 1 is 0.308 bits per heavy atom. The molecule has 4 aliphatic rings. The number of para-hydroxylation sites is 1. The second-order valence-electron chi connectivity index (χ2n) is 28.3. The standard InChI is InChI=1S/C98H63N7OS/c1-58-22-21-50-100-92(58)91-75(46-47-82-93(91)106-87-39-17-15-37-80(87)97(82)77-34-12-9-30-72(77)73-31-10-13-35-78(73)97)96-104-94(64-24-5-4-6-25-64)103-95(105-96)67-28-19-27-65(52-67)68-53-76(69-49-51-99-57-59(69)2)90-74-32-11-14-36-79(74)98(84(90)55-68)81-38-16-18-40-88(81)107-89-48-45-66(54-83(89)98)86-56-85(101-60(3)102-86)63-43-41-62(42-44-63)71-33-20-26-61-23-7-8-29-70(61)71/h4-57H,1-3H3. The maximum Gasteiger partial charge on any atom is 0.164 e. The fourth-order valence-corrected chi connectivity index (χ4v) is 18.9. The molecule has 107 heavy (non-hydrogen) atoms. The molecule has 6 heterocycles. The molecule has 2 spiro atoms. The van der Waals surface area contributed by atoms with E-state index in [9.17, 15) is 0 Å². The fourth-order valence-electron chi connectivity index (χ4n) is 17.8. The lowest BCUT2D eigenvalue weighted by molar-refractivity contribution is 0.438. The third kappa shape index (κ3) is 9.53. The lowest BCUT2D eigenvalue weighted by Crippen LogP contribution is -2.32. The molecule has 13 aromatic carbocycles. The summed E-state index contributed by atoms with van der Waals surface area (Å²) in [6, 6.07) is 112. The largest absolute Gasteiger partial charge is 0.456 e. The van der Waals surface area contributed by atoms with Crippen LogP contribution in [0.2, 0.25) is 0 Å². The van der Waals surface area contributed by atoms with Gasteiger partial charge in [0.1, 0.15) is 17.3 Å². The Morgan fingerprint density at radius 3 is 1.70 bits per heavy atom. The lowest BCUT2D eigenvalue weighted by atomic mass is 9.65. The quantitative estimate of drug-likeness (QED) is 0.140. The predicted octanol–water partition coefficient (Wildman–Crippen LogP) is 23.8. The van der Waals surface area contributed by atoms with Gasteiger partial charge in [0, 0.05) is 67.3 Å². The molecule has 21 rings (SSSR count). The molecule has 9 heteroatoms. The first-order valence-corrected chi connectivity index (χ1v) is 37.1. The number of aryl methyl sites for hydroxylation is 3. The molecule has 0 saturated carbocycles. The van der Waals surface area contributed by atoms with Gasteiger partial charge in [-0.3, -0.25) is 9.97 Å². The van der Waals surface area contributed by atoms with E-state index in [0.29, 0.717) is 29.0 Å². The van der Waals surface area contributed by atoms with Crippen molar-refractivity contribution in [2.45, 2.75) is 41.4 Å². The highest BCUT2D eigenvalue weighted by molar-refractivity contribution is 7.99. The van der Waals surface area contributed by atoms with Crippen molar-refractivity contribution >= 4 is 22.5 Å². The van der Waals surface area contributed by atoms with Crippen molar-refractivity contribution in [1.82, 2.24) is 34.9 Å². The average molecular weight is 1390 g/mol. The summed E-state index contributed by atoms with van der Waals surface area (Å²) in [5, 5.41) is 2.45. The molecule has 1 atom stereocenters. The number of nitrogens with zero attached hydrogens (tertiary/aromatic N) is 7. The molecule has 2 aliphatic heterocycles. The zero-order valence-corrected chi connectivity index (χ0v) is 59.4. The van der Waals surface area contributed by atoms with Crippen LogP contribution in [0.3, 0.4) is 0 Å². The van der Waals surface area contributed by atoms with E-state index in [-0.39, 0.29) is 0 Å². The normalized spacial score (nSPS) is 14.3. The average Bonchev–Trinajstić information content (AvgIpc) is 1.52. The number of ether oxygens (including phenoxy) is 1. The fraction of sp³-hybridized carbons (Fsp3) is 0.0510. The van der Waals surface area contributed by atoms with E-state index in [1.54, 1.807) is 0 Å². The van der Waals surface area contributed by atoms with Crippen LogP contribution in [-0.2, 0) is 10.8 Å². The molecule has 1 unspecified atom stereocenters. The maximum absolute atomic E-state index is 7.42. The lowest BCUT2D eigenvalue weighted by Gasteiger charge is -2.40. The van der Waals surface area contributed by atoms with Gasteiger partial charge in [-0.05, 0) is 198 Å². The first kappa shape index (κ1) is 62.2. The molecule has 0 bridgehead atoms. The summed E-state index contributed by atoms with van der Waals surface area (Å²) in [5.74, 6) is 3.75. The Labute approximate surface area is 624 Å². The van der Waals surface area contributed by atoms with Crippen molar-refractivity contribution in [3.63, 3.8) is 0 Å². The van der Waals surface area contributed by atoms with E-state index in [1.165, 1.54) is 81.8 Å². The number of fused-ring (bicyclic) bond motifs is 19. The van der Waals surface area contributed by atoms with Crippen LogP contribution in [0.1, 0.15) is 61.5 Å². The van der Waals surface area contributed by atoms with Crippen LogP contribution in [0.5, 0.6) is 11.5 Å². The van der Waals surface area contributed by atoms with Crippen molar-refractivity contribution < 1.29 is 4.74 Å². The summed E-state index contributed by atoms with van der Waals surface area (Å²) < 4.78 is 7.42. The molecule has 17 aromatic rings. The highest BCUT2D eigenvalue weighted by atomic mass is 32.2. The van der Waals surface area contributed by atoms with Crippen molar-refractivity contribution in [2.75, 3.05) is 0 Å². The Morgan fingerprint density at radius 2 is 0.907 bits per heavy atom. The van der Waals surface area contributed by atoms with Gasteiger partial charge in [-0.25, -0.2) is 24.9 Å². The minimum Gasteiger partial charge on any atom is -0.456 e. The van der Waals surface area contributed by atoms with Crippen molar-refractivity contribution in [3.8, 4) is 135 Å². The van der Waals surface area contributed by atoms with Gasteiger partial charge in [0.25, 0.3) is 0 Å². The second-order valence-corrected chi connectivity index (χ2v) is 29.3. The molecule has 0 saturated heterocycles. The zero-order chi connectivity index (χ0) is 71.1. The molecule has 4 aromatic heterocycles. The smallest absolute Gasteiger partial charge is 0.164 e. The summed E-state index contributed by atoms with van der Waals surface area (Å²) in [4.78, 5) is 39.2. The van der Waals surface area contributed by atoms with Gasteiger partial charge in [0.15, 0.2) is 17.5 Å². The van der Waals surface area contributed by atoms with Gasteiger partial charge in [0.05, 0.1) is 33.5 Å². The molecule has 502 valence electrons. The summed E-state index contributed by atoms with van der Waals surface area (Å²) in [6.45, 7) is 6.29. The monoisotopic (exact) mass is 1390 g/mol. The van der Waals surface area contributed by atoms with Crippen LogP contribution in [0.4, 0.5) is 0 Å². The molecular weight excluding hydrogens is 1320 g/mol. The van der Waals surface area contributed by atoms with Crippen LogP contribution in [0.15, 0.2) is 338 Å². The van der Waals surface area contributed by atoms with Crippen LogP contribution in [-0.4, -0.2) is 34.9 Å². The molecular formula is C98H63N7OS. The van der Waals surface area contributed by atoms with Gasteiger partial charge in [-0.1, -0.05) is 254 Å². The topological polar surface area (TPSA) is 99.5 Å². The van der Waals surface area contributed by atoms with E-state index in [0.717, 1.165) is 106 Å². The Balaban J connectivity index is 0.748. The summed E-state index contributed by atoms with van der Waals surface area (Å²) in [5.41, 5.74) is 29.2. The van der Waals surface area contributed by atoms with Crippen molar-refractivity contribution in [1.29, 1.82) is 0 Å². The van der Waals surface area contributed by atoms with Crippen LogP contribution in [0, 0.1) is 20.8 Å². The highest BCUT2D eigenvalue weighted by Crippen LogP contribution is 2.66. The van der Waals surface area contributed by atoms with Gasteiger partial charge < -0.3 is 4.74 Å². The molecule has 0 amide bonds. The molecule has 0 N–H and O–H groups in total. The van der Waals surface area contributed by atoms with Crippen molar-refractivity contribution in [2.24, 2.45) is 0 Å². The SMILES string of the molecule is Cc1nc(-c2ccc(-c3cccc4ccccc34)cc2)cc(-c2ccc3c(c2)C2(c4ccccc4S3)c3ccccc3-c3c(-c4ccncc4C)cc(-c4cccc(-c5nc(-c6ccccc6)nc(-c6ccc7c(c6-c6ncccc6C)Oc6ccccc6C76c7ccccc7-c7ccccc76)n5)c4)cc32)n1. The molecule has 8 nitrogen and oxygen atoms in total. The van der Waals surface area contributed by atoms with E-state index in [1.807, 2.05) is 61.5 Å². The van der Waals surface area contributed by atoms with Gasteiger partial charge in [-0.15, -0.1) is 0 Å². The van der Waals surface area contributed by atoms with E-state index in [4.69, 9.17) is 34.6 Å². The van der Waals surface area contributed by atoms with Gasteiger partial charge in [0.2, 0.25) is 0 Å². The van der Waals surface area contributed by atoms with Crippen LogP contribution in [0.25, 0.3) is 134 Å². The maximum atomic E-state index is 7.42. The number of rotatable bonds is 9. The third-order valence-corrected chi connectivity index (χ3v) is 23.5. The van der Waals surface area contributed by atoms with Gasteiger partial charge >= 0.3 is 0 Å². The summed E-state index contributed by atoms with van der Waals surface area (Å²) >= 11 is 1.84. The number of hydrogen-bond donors (Lipinski definition) is 0. The number of hydrogen-bond acceptors (Lipinski definition) is 9. The highest BCUT2D eigenvalue weighted by Gasteiger charge is 2.54. The van der Waals surface area contributed by atoms with Crippen LogP contribution >= 0.6 is 11.8 Å². The third-order valence-electron chi connectivity index (χ3n) is 22.4. The molecule has 2 aliphatic carbocycles. The second kappa shape index (κ2) is 24.4. The first-order valence-electron chi connectivity index (χ1n) is 36.3. The predicted molar refractivity (Wildman–Crippen MR) is 430 cm³/mol. The Hall–Kier alpha value is -13.3. The Kier molecular flexibility index (Phi) is 14.2. The zero-order valence-electron chi connectivity index (χ0n) is 58.6. The summed E-state index contributed by atoms with van der Waals surface area (Å²) in [7, 11) is 0. The summed E-state index contributed by atoms with van der Waals surface area (Å²) in [6.07, 6.45) is 5.77. The van der Waals surface area contributed by atoms with E-state index in [2.05, 4.69) is 304 Å². The number of aromatic nitrogens is 7. The van der Waals surface area contributed by atoms with E-state index >= 15 is 0 Å².